The zero-order valence-electron chi connectivity index (χ0n) is 8.67. The molecule has 0 N–H and O–H groups in total. The van der Waals surface area contributed by atoms with E-state index in [0.717, 1.165) is 12.8 Å². The molecule has 0 bridgehead atoms. The van der Waals surface area contributed by atoms with Gasteiger partial charge in [0.2, 0.25) is 0 Å². The molecule has 0 heterocycles. The molecule has 0 spiro atoms. The summed E-state index contributed by atoms with van der Waals surface area (Å²) in [7, 11) is 1.32. The first-order valence-corrected chi connectivity index (χ1v) is 5.02. The standard InChI is InChI=1S/C10H20O3/c1-3-4-5-6-7-8-9-13-10(11)12-2/h3-9H2,1-2H3. The number of carbonyl (C=O) groups is 1. The van der Waals surface area contributed by atoms with E-state index in [1.807, 2.05) is 0 Å². The Morgan fingerprint density at radius 2 is 1.69 bits per heavy atom. The summed E-state index contributed by atoms with van der Waals surface area (Å²) < 4.78 is 9.07. The van der Waals surface area contributed by atoms with Crippen molar-refractivity contribution in [2.75, 3.05) is 13.7 Å². The molecular formula is C10H20O3. The molecular weight excluding hydrogens is 168 g/mol. The molecule has 0 unspecified atom stereocenters. The van der Waals surface area contributed by atoms with E-state index in [1.54, 1.807) is 0 Å². The van der Waals surface area contributed by atoms with E-state index in [9.17, 15) is 4.79 Å². The van der Waals surface area contributed by atoms with E-state index in [2.05, 4.69) is 11.7 Å². The first-order chi connectivity index (χ1) is 6.31. The molecule has 78 valence electrons. The van der Waals surface area contributed by atoms with E-state index in [-0.39, 0.29) is 0 Å². The van der Waals surface area contributed by atoms with E-state index in [4.69, 9.17) is 4.74 Å². The molecule has 0 aliphatic rings. The topological polar surface area (TPSA) is 35.5 Å². The van der Waals surface area contributed by atoms with Crippen molar-refractivity contribution in [1.82, 2.24) is 0 Å². The summed E-state index contributed by atoms with van der Waals surface area (Å²) >= 11 is 0. The molecule has 0 fully saturated rings. The molecule has 3 heteroatoms. The lowest BCUT2D eigenvalue weighted by molar-refractivity contribution is 0.0713. The highest BCUT2D eigenvalue weighted by atomic mass is 16.7. The van der Waals surface area contributed by atoms with Gasteiger partial charge in [-0.2, -0.15) is 0 Å². The van der Waals surface area contributed by atoms with Gasteiger partial charge in [-0.25, -0.2) is 4.79 Å². The summed E-state index contributed by atoms with van der Waals surface area (Å²) in [6.45, 7) is 2.68. The highest BCUT2D eigenvalue weighted by Crippen LogP contribution is 2.04. The molecule has 0 rings (SSSR count). The second-order valence-electron chi connectivity index (χ2n) is 3.07. The number of hydrogen-bond acceptors (Lipinski definition) is 3. The number of carbonyl (C=O) groups excluding carboxylic acids is 1. The monoisotopic (exact) mass is 188 g/mol. The van der Waals surface area contributed by atoms with Gasteiger partial charge in [0.05, 0.1) is 13.7 Å². The van der Waals surface area contributed by atoms with Gasteiger partial charge in [-0.05, 0) is 6.42 Å². The first-order valence-electron chi connectivity index (χ1n) is 5.02. The largest absolute Gasteiger partial charge is 0.507 e. The Hall–Kier alpha value is -0.730. The summed E-state index contributed by atoms with van der Waals surface area (Å²) in [6.07, 6.45) is 6.59. The Kier molecular flexibility index (Phi) is 8.83. The summed E-state index contributed by atoms with van der Waals surface area (Å²) in [5.74, 6) is 0. The quantitative estimate of drug-likeness (QED) is 0.455. The zero-order chi connectivity index (χ0) is 9.94. The minimum absolute atomic E-state index is 0.485. The molecule has 0 aliphatic heterocycles. The number of hydrogen-bond donors (Lipinski definition) is 0. The van der Waals surface area contributed by atoms with Crippen molar-refractivity contribution in [1.29, 1.82) is 0 Å². The average molecular weight is 188 g/mol. The normalized spacial score (nSPS) is 9.69. The molecule has 0 saturated carbocycles. The fourth-order valence-corrected chi connectivity index (χ4v) is 1.10. The Balaban J connectivity index is 2.95. The van der Waals surface area contributed by atoms with Crippen LogP contribution in [-0.2, 0) is 9.47 Å². The Morgan fingerprint density at radius 3 is 2.31 bits per heavy atom. The third-order valence-electron chi connectivity index (χ3n) is 1.88. The number of unbranched alkanes of at least 4 members (excludes halogenated alkanes) is 5. The lowest BCUT2D eigenvalue weighted by Gasteiger charge is -2.02. The van der Waals surface area contributed by atoms with Gasteiger partial charge in [0.1, 0.15) is 0 Å². The second kappa shape index (κ2) is 9.36. The first kappa shape index (κ1) is 12.3. The lowest BCUT2D eigenvalue weighted by atomic mass is 10.1. The van der Waals surface area contributed by atoms with Crippen molar-refractivity contribution in [3.63, 3.8) is 0 Å². The number of rotatable bonds is 7. The molecule has 0 atom stereocenters. The highest BCUT2D eigenvalue weighted by molar-refractivity contribution is 5.59. The zero-order valence-corrected chi connectivity index (χ0v) is 8.67. The van der Waals surface area contributed by atoms with Crippen LogP contribution in [0, 0.1) is 0 Å². The molecule has 0 aromatic carbocycles. The van der Waals surface area contributed by atoms with Crippen LogP contribution in [0.25, 0.3) is 0 Å². The fourth-order valence-electron chi connectivity index (χ4n) is 1.10. The van der Waals surface area contributed by atoms with Crippen molar-refractivity contribution in [3.8, 4) is 0 Å². The van der Waals surface area contributed by atoms with Crippen LogP contribution < -0.4 is 0 Å². The molecule has 0 aromatic heterocycles. The van der Waals surface area contributed by atoms with Crippen molar-refractivity contribution in [3.05, 3.63) is 0 Å². The van der Waals surface area contributed by atoms with E-state index in [1.165, 1.54) is 32.8 Å². The van der Waals surface area contributed by atoms with Gasteiger partial charge in [-0.1, -0.05) is 39.0 Å². The maximum atomic E-state index is 10.5. The van der Waals surface area contributed by atoms with Gasteiger partial charge in [-0.15, -0.1) is 0 Å². The summed E-state index contributed by atoms with van der Waals surface area (Å²) in [5, 5.41) is 0. The van der Waals surface area contributed by atoms with E-state index in [0.29, 0.717) is 6.61 Å². The summed E-state index contributed by atoms with van der Waals surface area (Å²) in [5.41, 5.74) is 0. The Bertz CT molecular complexity index is 123. The van der Waals surface area contributed by atoms with E-state index < -0.39 is 6.16 Å². The van der Waals surface area contributed by atoms with Crippen molar-refractivity contribution >= 4 is 6.16 Å². The van der Waals surface area contributed by atoms with Crippen LogP contribution in [0.15, 0.2) is 0 Å². The van der Waals surface area contributed by atoms with E-state index >= 15 is 0 Å². The smallest absolute Gasteiger partial charge is 0.438 e. The predicted molar refractivity (Wildman–Crippen MR) is 51.7 cm³/mol. The van der Waals surface area contributed by atoms with Crippen LogP contribution in [0.4, 0.5) is 4.79 Å². The molecule has 13 heavy (non-hydrogen) atoms. The van der Waals surface area contributed by atoms with Crippen molar-refractivity contribution in [2.24, 2.45) is 0 Å². The fraction of sp³-hybridized carbons (Fsp3) is 0.900. The van der Waals surface area contributed by atoms with Gasteiger partial charge >= 0.3 is 6.16 Å². The second-order valence-corrected chi connectivity index (χ2v) is 3.07. The summed E-state index contributed by atoms with van der Waals surface area (Å²) in [4.78, 5) is 10.5. The van der Waals surface area contributed by atoms with Crippen LogP contribution in [0.5, 0.6) is 0 Å². The van der Waals surface area contributed by atoms with Gasteiger partial charge in [-0.3, -0.25) is 0 Å². The predicted octanol–water partition coefficient (Wildman–Crippen LogP) is 3.13. The maximum absolute atomic E-state index is 10.5. The average Bonchev–Trinajstić information content (AvgIpc) is 2.16. The highest BCUT2D eigenvalue weighted by Gasteiger charge is 1.98. The van der Waals surface area contributed by atoms with Crippen molar-refractivity contribution in [2.45, 2.75) is 45.4 Å². The van der Waals surface area contributed by atoms with Crippen LogP contribution in [-0.4, -0.2) is 19.9 Å². The van der Waals surface area contributed by atoms with Crippen LogP contribution >= 0.6 is 0 Å². The minimum Gasteiger partial charge on any atom is -0.438 e. The van der Waals surface area contributed by atoms with Gasteiger partial charge < -0.3 is 9.47 Å². The third-order valence-corrected chi connectivity index (χ3v) is 1.88. The molecule has 0 radical (unpaired) electrons. The van der Waals surface area contributed by atoms with Crippen LogP contribution in [0.2, 0.25) is 0 Å². The molecule has 3 nitrogen and oxygen atoms in total. The summed E-state index contributed by atoms with van der Waals surface area (Å²) in [6, 6.07) is 0. The number of methoxy groups -OCH3 is 1. The van der Waals surface area contributed by atoms with Crippen LogP contribution in [0.3, 0.4) is 0 Å². The lowest BCUT2D eigenvalue weighted by Crippen LogP contribution is -2.05. The Morgan fingerprint density at radius 1 is 1.08 bits per heavy atom. The molecule has 0 aromatic rings. The molecule has 0 amide bonds. The Labute approximate surface area is 80.4 Å². The SMILES string of the molecule is CCCCCCCCOC(=O)OC. The third kappa shape index (κ3) is 9.18. The minimum atomic E-state index is -0.575. The number of ether oxygens (including phenoxy) is 2. The van der Waals surface area contributed by atoms with Gasteiger partial charge in [0.25, 0.3) is 0 Å². The van der Waals surface area contributed by atoms with Gasteiger partial charge in [0.15, 0.2) is 0 Å². The molecule has 0 aliphatic carbocycles. The maximum Gasteiger partial charge on any atom is 0.507 e. The van der Waals surface area contributed by atoms with Crippen LogP contribution in [0.1, 0.15) is 45.4 Å². The molecule has 0 saturated heterocycles. The van der Waals surface area contributed by atoms with Crippen molar-refractivity contribution < 1.29 is 14.3 Å². The van der Waals surface area contributed by atoms with Gasteiger partial charge in [0, 0.05) is 0 Å².